The van der Waals surface area contributed by atoms with Gasteiger partial charge in [-0.2, -0.15) is 0 Å². The van der Waals surface area contributed by atoms with Gasteiger partial charge in [-0.1, -0.05) is 111 Å². The third-order valence-electron chi connectivity index (χ3n) is 8.16. The molecule has 0 radical (unpaired) electrons. The van der Waals surface area contributed by atoms with Crippen molar-refractivity contribution in [3.8, 4) is 0 Å². The normalized spacial score (nSPS) is 18.0. The van der Waals surface area contributed by atoms with Crippen LogP contribution in [-0.2, 0) is 28.6 Å². The number of hydrogen-bond donors (Lipinski definition) is 3. The van der Waals surface area contributed by atoms with E-state index in [0.29, 0.717) is 12.0 Å². The number of esters is 2. The molecule has 1 aliphatic carbocycles. The zero-order chi connectivity index (χ0) is 32.6. The summed E-state index contributed by atoms with van der Waals surface area (Å²) in [5.74, 6) is -1.44. The predicted molar refractivity (Wildman–Crippen MR) is 176 cm³/mol. The lowest BCUT2D eigenvalue weighted by Gasteiger charge is -2.36. The Morgan fingerprint density at radius 3 is 1.84 bits per heavy atom. The fourth-order valence-electron chi connectivity index (χ4n) is 5.60. The first kappa shape index (κ1) is 39.4. The maximum absolute atomic E-state index is 12.9. The molecule has 254 valence electrons. The lowest BCUT2D eigenvalue weighted by Crippen LogP contribution is -2.54. The van der Waals surface area contributed by atoms with Gasteiger partial charge in [0.25, 0.3) is 0 Å². The van der Waals surface area contributed by atoms with Crippen LogP contribution in [0.2, 0.25) is 0 Å². The maximum atomic E-state index is 12.9. The zero-order valence-corrected chi connectivity index (χ0v) is 28.1. The number of unbranched alkanes of at least 4 members (excludes halogenated alkanes) is 14. The monoisotopic (exact) mass is 622 g/mol. The van der Waals surface area contributed by atoms with Crippen LogP contribution in [0.15, 0.2) is 16.6 Å². The van der Waals surface area contributed by atoms with Gasteiger partial charge >= 0.3 is 11.9 Å². The van der Waals surface area contributed by atoms with E-state index in [9.17, 15) is 14.4 Å². The van der Waals surface area contributed by atoms with Crippen molar-refractivity contribution < 1.29 is 28.6 Å². The summed E-state index contributed by atoms with van der Waals surface area (Å²) in [6.45, 7) is 7.21. The first-order valence-electron chi connectivity index (χ1n) is 17.3. The van der Waals surface area contributed by atoms with Crippen molar-refractivity contribution in [2.75, 3.05) is 6.79 Å². The molecule has 0 aliphatic heterocycles. The van der Waals surface area contributed by atoms with Crippen molar-refractivity contribution in [2.45, 2.75) is 174 Å². The van der Waals surface area contributed by atoms with Crippen LogP contribution in [0, 0.1) is 0 Å². The van der Waals surface area contributed by atoms with E-state index in [1.54, 1.807) is 6.08 Å². The van der Waals surface area contributed by atoms with Crippen molar-refractivity contribution in [3.05, 3.63) is 11.6 Å². The highest BCUT2D eigenvalue weighted by molar-refractivity contribution is 5.89. The lowest BCUT2D eigenvalue weighted by atomic mass is 9.88. The number of nitrogens with one attached hydrogen (secondary N) is 1. The summed E-state index contributed by atoms with van der Waals surface area (Å²) in [4.78, 5) is 41.2. The second kappa shape index (κ2) is 24.7. The minimum Gasteiger partial charge on any atom is -0.428 e. The SMILES string of the molecule is CCCCCCCCCCCCCCCCCC(=O)OCOC(=O)C1=C[C@@H](OC(CC)CC)[C@H](NC(C)=O)[C@@H](N=C(N)N)C1. The third-order valence-corrected chi connectivity index (χ3v) is 8.16. The average molecular weight is 623 g/mol. The highest BCUT2D eigenvalue weighted by Crippen LogP contribution is 2.27. The van der Waals surface area contributed by atoms with Gasteiger partial charge in [0.15, 0.2) is 5.96 Å². The van der Waals surface area contributed by atoms with Gasteiger partial charge in [0.1, 0.15) is 0 Å². The molecule has 0 spiro atoms. The Hall–Kier alpha value is -2.62. The second-order valence-electron chi connectivity index (χ2n) is 12.0. The third kappa shape index (κ3) is 18.2. The molecule has 44 heavy (non-hydrogen) atoms. The summed E-state index contributed by atoms with van der Waals surface area (Å²) in [5, 5.41) is 2.86. The Kier molecular flexibility index (Phi) is 22.1. The van der Waals surface area contributed by atoms with Crippen LogP contribution in [0.3, 0.4) is 0 Å². The summed E-state index contributed by atoms with van der Waals surface area (Å²) >= 11 is 0. The van der Waals surface area contributed by atoms with Gasteiger partial charge in [0.05, 0.1) is 24.3 Å². The predicted octanol–water partition coefficient (Wildman–Crippen LogP) is 6.34. The highest BCUT2D eigenvalue weighted by Gasteiger charge is 2.38. The van der Waals surface area contributed by atoms with Crippen LogP contribution >= 0.6 is 0 Å². The summed E-state index contributed by atoms with van der Waals surface area (Å²) in [6.07, 6.45) is 21.8. The van der Waals surface area contributed by atoms with Gasteiger partial charge in [0, 0.05) is 25.3 Å². The Labute approximate surface area is 266 Å². The maximum Gasteiger partial charge on any atom is 0.336 e. The summed E-state index contributed by atoms with van der Waals surface area (Å²) in [5.41, 5.74) is 11.6. The second-order valence-corrected chi connectivity index (χ2v) is 12.0. The minimum absolute atomic E-state index is 0.0802. The number of nitrogens with two attached hydrogens (primary N) is 2. The molecule has 0 aromatic heterocycles. The molecule has 0 saturated carbocycles. The first-order chi connectivity index (χ1) is 21.2. The Morgan fingerprint density at radius 1 is 0.841 bits per heavy atom. The van der Waals surface area contributed by atoms with Crippen LogP contribution in [0.25, 0.3) is 0 Å². The molecule has 0 aromatic rings. The fourth-order valence-corrected chi connectivity index (χ4v) is 5.60. The molecular formula is C34H62N4O6. The minimum atomic E-state index is -0.639. The van der Waals surface area contributed by atoms with E-state index in [1.165, 1.54) is 84.0 Å². The molecular weight excluding hydrogens is 560 g/mol. The number of nitrogens with zero attached hydrogens (tertiary/aromatic N) is 1. The van der Waals surface area contributed by atoms with Crippen molar-refractivity contribution in [3.63, 3.8) is 0 Å². The smallest absolute Gasteiger partial charge is 0.336 e. The van der Waals surface area contributed by atoms with Crippen LogP contribution < -0.4 is 16.8 Å². The largest absolute Gasteiger partial charge is 0.428 e. The van der Waals surface area contributed by atoms with Crippen LogP contribution in [-0.4, -0.2) is 54.9 Å². The molecule has 1 aliphatic rings. The van der Waals surface area contributed by atoms with Gasteiger partial charge in [0.2, 0.25) is 12.7 Å². The van der Waals surface area contributed by atoms with E-state index in [0.717, 1.165) is 32.1 Å². The average Bonchev–Trinajstić information content (AvgIpc) is 2.98. The van der Waals surface area contributed by atoms with Gasteiger partial charge in [-0.05, 0) is 25.3 Å². The number of ether oxygens (including phenoxy) is 3. The van der Waals surface area contributed by atoms with Crippen molar-refractivity contribution >= 4 is 23.8 Å². The molecule has 3 atom stereocenters. The van der Waals surface area contributed by atoms with Gasteiger partial charge in [-0.25, -0.2) is 9.79 Å². The van der Waals surface area contributed by atoms with Crippen molar-refractivity contribution in [1.29, 1.82) is 0 Å². The summed E-state index contributed by atoms with van der Waals surface area (Å²) in [7, 11) is 0. The Bertz CT molecular complexity index is 870. The molecule has 1 amide bonds. The van der Waals surface area contributed by atoms with E-state index < -0.39 is 30.9 Å². The number of carbonyl (C=O) groups is 3. The summed E-state index contributed by atoms with van der Waals surface area (Å²) < 4.78 is 16.6. The number of guanidine groups is 1. The van der Waals surface area contributed by atoms with Crippen LogP contribution in [0.4, 0.5) is 0 Å². The van der Waals surface area contributed by atoms with Crippen molar-refractivity contribution in [1.82, 2.24) is 5.32 Å². The number of rotatable bonds is 25. The number of amides is 1. The van der Waals surface area contributed by atoms with E-state index in [2.05, 4.69) is 17.2 Å². The van der Waals surface area contributed by atoms with Gasteiger partial charge < -0.3 is 31.0 Å². The van der Waals surface area contributed by atoms with E-state index in [-0.39, 0.29) is 30.4 Å². The van der Waals surface area contributed by atoms with E-state index >= 15 is 0 Å². The standard InChI is InChI=1S/C34H62N4O6/c1-5-8-9-10-11-12-13-14-15-16-17-18-19-20-21-22-31(40)42-25-43-33(41)27-23-29(38-34(35)36)32(37-26(4)39)30(24-27)44-28(6-2)7-3/h24,28-30,32H,5-23,25H2,1-4H3,(H,37,39)(H4,35,36,38)/t29-,30+,32+/m0/s1. The quantitative estimate of drug-likeness (QED) is 0.0350. The van der Waals surface area contributed by atoms with Crippen molar-refractivity contribution in [2.24, 2.45) is 16.5 Å². The molecule has 0 fully saturated rings. The molecule has 0 bridgehead atoms. The zero-order valence-electron chi connectivity index (χ0n) is 28.1. The first-order valence-corrected chi connectivity index (χ1v) is 17.3. The highest BCUT2D eigenvalue weighted by atomic mass is 16.7. The lowest BCUT2D eigenvalue weighted by molar-refractivity contribution is -0.165. The number of carbonyl (C=O) groups excluding carboxylic acids is 3. The van der Waals surface area contributed by atoms with E-state index in [1.807, 2.05) is 13.8 Å². The molecule has 0 aromatic carbocycles. The van der Waals surface area contributed by atoms with Gasteiger partial charge in [-0.3, -0.25) is 9.59 Å². The van der Waals surface area contributed by atoms with Crippen LogP contribution in [0.1, 0.15) is 150 Å². The molecule has 10 heteroatoms. The van der Waals surface area contributed by atoms with Gasteiger partial charge in [-0.15, -0.1) is 0 Å². The van der Waals surface area contributed by atoms with E-state index in [4.69, 9.17) is 25.7 Å². The summed E-state index contributed by atoms with van der Waals surface area (Å²) in [6, 6.07) is -1.18. The molecule has 1 rings (SSSR count). The molecule has 0 saturated heterocycles. The fraction of sp³-hybridized carbons (Fsp3) is 0.824. The van der Waals surface area contributed by atoms with Crippen LogP contribution in [0.5, 0.6) is 0 Å². The topological polar surface area (TPSA) is 155 Å². The molecule has 5 N–H and O–H groups in total. The number of hydrogen-bond acceptors (Lipinski definition) is 7. The molecule has 0 unspecified atom stereocenters. The number of aliphatic imine (C=N–C) groups is 1. The molecule has 10 nitrogen and oxygen atoms in total. The molecule has 0 heterocycles. The Morgan fingerprint density at radius 2 is 1.36 bits per heavy atom. The Balaban J connectivity index is 2.35.